The van der Waals surface area contributed by atoms with Crippen LogP contribution in [0.3, 0.4) is 0 Å². The van der Waals surface area contributed by atoms with Crippen molar-refractivity contribution in [2.24, 2.45) is 0 Å². The van der Waals surface area contributed by atoms with Crippen molar-refractivity contribution in [3.8, 4) is 11.5 Å². The van der Waals surface area contributed by atoms with Gasteiger partial charge in [-0.05, 0) is 47.5 Å². The Labute approximate surface area is 192 Å². The van der Waals surface area contributed by atoms with Crippen LogP contribution in [0.5, 0.6) is 11.5 Å². The Kier molecular flexibility index (Phi) is 6.05. The highest BCUT2D eigenvalue weighted by Gasteiger charge is 2.37. The van der Waals surface area contributed by atoms with Gasteiger partial charge >= 0.3 is 0 Å². The van der Waals surface area contributed by atoms with Crippen molar-refractivity contribution < 1.29 is 28.8 Å². The number of rotatable bonds is 6. The lowest BCUT2D eigenvalue weighted by atomic mass is 10.0. The van der Waals surface area contributed by atoms with E-state index >= 15 is 0 Å². The SMILES string of the molecule is CC(C)c1ccc(NC(=O)CN2C(=O)S/C(=C\c3cc4c(cc3[N+](=O)[O-])OCO4)C2=O)cc1. The molecule has 1 N–H and O–H groups in total. The number of nitrogens with zero attached hydrogens (tertiary/aromatic N) is 2. The van der Waals surface area contributed by atoms with E-state index in [1.165, 1.54) is 18.2 Å². The van der Waals surface area contributed by atoms with Crippen molar-refractivity contribution >= 4 is 46.3 Å². The summed E-state index contributed by atoms with van der Waals surface area (Å²) in [5.41, 5.74) is 1.45. The highest BCUT2D eigenvalue weighted by Crippen LogP contribution is 2.40. The Bertz CT molecular complexity index is 1190. The third-order valence-electron chi connectivity index (χ3n) is 5.04. The fourth-order valence-corrected chi connectivity index (χ4v) is 4.12. The molecule has 33 heavy (non-hydrogen) atoms. The van der Waals surface area contributed by atoms with Gasteiger partial charge in [0.1, 0.15) is 6.54 Å². The highest BCUT2D eigenvalue weighted by molar-refractivity contribution is 8.18. The fraction of sp³-hybridized carbons (Fsp3) is 0.227. The molecule has 1 saturated heterocycles. The second kappa shape index (κ2) is 8.94. The Morgan fingerprint density at radius 2 is 1.88 bits per heavy atom. The van der Waals surface area contributed by atoms with Crippen molar-refractivity contribution in [2.75, 3.05) is 18.7 Å². The van der Waals surface area contributed by atoms with Crippen LogP contribution in [0.15, 0.2) is 41.3 Å². The van der Waals surface area contributed by atoms with Crippen molar-refractivity contribution in [3.63, 3.8) is 0 Å². The molecule has 2 heterocycles. The molecule has 0 unspecified atom stereocenters. The van der Waals surface area contributed by atoms with E-state index in [0.717, 1.165) is 10.5 Å². The number of carbonyl (C=O) groups excluding carboxylic acids is 3. The summed E-state index contributed by atoms with van der Waals surface area (Å²) in [5, 5.41) is 13.5. The molecule has 4 rings (SSSR count). The predicted octanol–water partition coefficient (Wildman–Crippen LogP) is 4.12. The quantitative estimate of drug-likeness (QED) is 0.380. The standard InChI is InChI=1S/C22H19N3O7S/c1-12(2)13-3-5-15(6-4-13)23-20(26)10-24-21(27)19(33-22(24)28)8-14-7-17-18(32-11-31-17)9-16(14)25(29)30/h3-9,12H,10-11H2,1-2H3,(H,23,26)/b19-8-. The molecule has 0 radical (unpaired) electrons. The molecule has 0 spiro atoms. The minimum absolute atomic E-state index is 0.0314. The maximum Gasteiger partial charge on any atom is 0.294 e. The zero-order valence-electron chi connectivity index (χ0n) is 17.7. The van der Waals surface area contributed by atoms with E-state index in [4.69, 9.17) is 9.47 Å². The molecule has 1 fully saturated rings. The first-order valence-corrected chi connectivity index (χ1v) is 10.8. The molecule has 10 nitrogen and oxygen atoms in total. The Hall–Kier alpha value is -3.86. The number of fused-ring (bicyclic) bond motifs is 1. The molecule has 2 aromatic carbocycles. The Morgan fingerprint density at radius 3 is 2.52 bits per heavy atom. The van der Waals surface area contributed by atoms with Crippen LogP contribution in [0, 0.1) is 10.1 Å². The molecule has 3 amide bonds. The number of nitrogens with one attached hydrogen (secondary N) is 1. The summed E-state index contributed by atoms with van der Waals surface area (Å²) < 4.78 is 10.4. The first-order valence-electron chi connectivity index (χ1n) is 9.96. The first kappa shape index (κ1) is 22.3. The van der Waals surface area contributed by atoms with Gasteiger partial charge in [-0.2, -0.15) is 0 Å². The minimum Gasteiger partial charge on any atom is -0.454 e. The minimum atomic E-state index is -0.706. The third-order valence-corrected chi connectivity index (χ3v) is 5.95. The van der Waals surface area contributed by atoms with E-state index in [1.54, 1.807) is 12.1 Å². The zero-order chi connectivity index (χ0) is 23.7. The molecular weight excluding hydrogens is 450 g/mol. The van der Waals surface area contributed by atoms with Crippen molar-refractivity contribution in [1.82, 2.24) is 4.90 Å². The van der Waals surface area contributed by atoms with Crippen LogP contribution in [0.25, 0.3) is 6.08 Å². The number of anilines is 1. The average molecular weight is 469 g/mol. The van der Waals surface area contributed by atoms with Gasteiger partial charge in [0.25, 0.3) is 16.8 Å². The Morgan fingerprint density at radius 1 is 1.21 bits per heavy atom. The van der Waals surface area contributed by atoms with Crippen LogP contribution in [0.4, 0.5) is 16.2 Å². The van der Waals surface area contributed by atoms with Crippen LogP contribution in [-0.4, -0.2) is 40.2 Å². The molecule has 11 heteroatoms. The van der Waals surface area contributed by atoms with Crippen LogP contribution in [0.2, 0.25) is 0 Å². The molecule has 2 aromatic rings. The first-order chi connectivity index (χ1) is 15.7. The molecule has 170 valence electrons. The van der Waals surface area contributed by atoms with Gasteiger partial charge < -0.3 is 14.8 Å². The number of hydrogen-bond donors (Lipinski definition) is 1. The zero-order valence-corrected chi connectivity index (χ0v) is 18.5. The average Bonchev–Trinajstić information content (AvgIpc) is 3.33. The number of thioether (sulfide) groups is 1. The van der Waals surface area contributed by atoms with E-state index in [-0.39, 0.29) is 28.7 Å². The predicted molar refractivity (Wildman–Crippen MR) is 121 cm³/mol. The summed E-state index contributed by atoms with van der Waals surface area (Å²) in [5.74, 6) is -0.372. The van der Waals surface area contributed by atoms with Crippen molar-refractivity contribution in [1.29, 1.82) is 0 Å². The summed E-state index contributed by atoms with van der Waals surface area (Å²) >= 11 is 0.608. The van der Waals surface area contributed by atoms with Gasteiger partial charge in [0, 0.05) is 5.69 Å². The summed E-state index contributed by atoms with van der Waals surface area (Å²) in [6.45, 7) is 3.57. The topological polar surface area (TPSA) is 128 Å². The molecule has 0 bridgehead atoms. The summed E-state index contributed by atoms with van der Waals surface area (Å²) in [6, 6.07) is 9.86. The number of ether oxygens (including phenoxy) is 2. The van der Waals surface area contributed by atoms with Gasteiger partial charge in [0.05, 0.1) is 21.5 Å². The summed E-state index contributed by atoms with van der Waals surface area (Å²) in [6.07, 6.45) is 1.24. The van der Waals surface area contributed by atoms with Gasteiger partial charge in [-0.1, -0.05) is 26.0 Å². The Balaban J connectivity index is 1.49. The lowest BCUT2D eigenvalue weighted by molar-refractivity contribution is -0.385. The van der Waals surface area contributed by atoms with Gasteiger partial charge in [0.2, 0.25) is 12.7 Å². The van der Waals surface area contributed by atoms with Crippen LogP contribution >= 0.6 is 11.8 Å². The van der Waals surface area contributed by atoms with Crippen LogP contribution < -0.4 is 14.8 Å². The highest BCUT2D eigenvalue weighted by atomic mass is 32.2. The fourth-order valence-electron chi connectivity index (χ4n) is 3.29. The molecule has 2 aliphatic heterocycles. The second-order valence-electron chi connectivity index (χ2n) is 7.61. The number of nitro groups is 1. The molecule has 0 aliphatic carbocycles. The van der Waals surface area contributed by atoms with Crippen LogP contribution in [0.1, 0.15) is 30.9 Å². The summed E-state index contributed by atoms with van der Waals surface area (Å²) in [7, 11) is 0. The van der Waals surface area contributed by atoms with E-state index < -0.39 is 28.5 Å². The number of benzene rings is 2. The van der Waals surface area contributed by atoms with Gasteiger partial charge in [-0.15, -0.1) is 0 Å². The van der Waals surface area contributed by atoms with Crippen LogP contribution in [-0.2, 0) is 9.59 Å². The molecular formula is C22H19N3O7S. The van der Waals surface area contributed by atoms with Crippen molar-refractivity contribution in [3.05, 3.63) is 62.5 Å². The van der Waals surface area contributed by atoms with Gasteiger partial charge in [0.15, 0.2) is 11.5 Å². The lowest BCUT2D eigenvalue weighted by Crippen LogP contribution is -2.36. The maximum atomic E-state index is 12.8. The second-order valence-corrected chi connectivity index (χ2v) is 8.61. The number of nitro benzene ring substituents is 1. The third kappa shape index (κ3) is 4.67. The molecule has 0 atom stereocenters. The maximum absolute atomic E-state index is 12.8. The van der Waals surface area contributed by atoms with E-state index in [1.807, 2.05) is 12.1 Å². The monoisotopic (exact) mass is 469 g/mol. The molecule has 2 aliphatic rings. The number of amides is 3. The number of imide groups is 1. The van der Waals surface area contributed by atoms with Gasteiger partial charge in [-0.3, -0.25) is 29.4 Å². The smallest absolute Gasteiger partial charge is 0.294 e. The normalized spacial score (nSPS) is 16.1. The van der Waals surface area contributed by atoms with Gasteiger partial charge in [-0.25, -0.2) is 0 Å². The van der Waals surface area contributed by atoms with E-state index in [0.29, 0.717) is 29.1 Å². The largest absolute Gasteiger partial charge is 0.454 e. The molecule has 0 saturated carbocycles. The lowest BCUT2D eigenvalue weighted by Gasteiger charge is -2.13. The number of hydrogen-bond acceptors (Lipinski definition) is 8. The van der Waals surface area contributed by atoms with E-state index in [2.05, 4.69) is 19.2 Å². The summed E-state index contributed by atoms with van der Waals surface area (Å²) in [4.78, 5) is 49.1. The number of carbonyl (C=O) groups is 3. The molecule has 0 aromatic heterocycles. The van der Waals surface area contributed by atoms with Crippen molar-refractivity contribution in [2.45, 2.75) is 19.8 Å². The van der Waals surface area contributed by atoms with E-state index in [9.17, 15) is 24.5 Å².